The van der Waals surface area contributed by atoms with Gasteiger partial charge in [-0.25, -0.2) is 0 Å². The lowest BCUT2D eigenvalue weighted by Crippen LogP contribution is -2.39. The highest BCUT2D eigenvalue weighted by Crippen LogP contribution is 2.32. The predicted molar refractivity (Wildman–Crippen MR) is 74.9 cm³/mol. The molecule has 0 saturated heterocycles. The van der Waals surface area contributed by atoms with Gasteiger partial charge in [-0.15, -0.1) is 0 Å². The smallest absolute Gasteiger partial charge is 0.228 e. The molecule has 0 spiro atoms. The van der Waals surface area contributed by atoms with Crippen LogP contribution in [0.5, 0.6) is 0 Å². The molecular formula is C15H20N2O2. The molecule has 1 aliphatic heterocycles. The Morgan fingerprint density at radius 2 is 2.21 bits per heavy atom. The fourth-order valence-corrected chi connectivity index (χ4v) is 2.49. The van der Waals surface area contributed by atoms with Gasteiger partial charge in [0.05, 0.1) is 5.92 Å². The molecule has 2 rings (SSSR count). The second kappa shape index (κ2) is 5.87. The number of hydrogen-bond donors (Lipinski definition) is 2. The molecule has 19 heavy (non-hydrogen) atoms. The van der Waals surface area contributed by atoms with Crippen molar-refractivity contribution in [2.75, 3.05) is 5.32 Å². The van der Waals surface area contributed by atoms with Gasteiger partial charge in [0, 0.05) is 18.2 Å². The van der Waals surface area contributed by atoms with E-state index in [0.717, 1.165) is 24.1 Å². The normalized spacial score (nSPS) is 19.3. The van der Waals surface area contributed by atoms with Gasteiger partial charge in [-0.05, 0) is 25.0 Å². The molecule has 102 valence electrons. The molecule has 0 saturated carbocycles. The first-order valence-electron chi connectivity index (χ1n) is 6.81. The molecule has 1 aromatic carbocycles. The molecular weight excluding hydrogens is 240 g/mol. The summed E-state index contributed by atoms with van der Waals surface area (Å²) in [6.07, 6.45) is 2.21. The molecule has 0 bridgehead atoms. The van der Waals surface area contributed by atoms with Gasteiger partial charge >= 0.3 is 0 Å². The summed E-state index contributed by atoms with van der Waals surface area (Å²) in [4.78, 5) is 24.0. The number of hydrogen-bond acceptors (Lipinski definition) is 2. The summed E-state index contributed by atoms with van der Waals surface area (Å²) < 4.78 is 0. The minimum Gasteiger partial charge on any atom is -0.353 e. The number of benzene rings is 1. The van der Waals surface area contributed by atoms with Gasteiger partial charge < -0.3 is 10.6 Å². The third-order valence-electron chi connectivity index (χ3n) is 3.43. The molecule has 0 aromatic heterocycles. The molecule has 1 heterocycles. The number of nitrogens with one attached hydrogen (secondary N) is 2. The Balaban J connectivity index is 2.16. The lowest BCUT2D eigenvalue weighted by molar-refractivity contribution is -0.126. The summed E-state index contributed by atoms with van der Waals surface area (Å²) in [5, 5.41) is 5.80. The summed E-state index contributed by atoms with van der Waals surface area (Å²) in [6, 6.07) is 7.64. The van der Waals surface area contributed by atoms with Crippen LogP contribution in [0.3, 0.4) is 0 Å². The van der Waals surface area contributed by atoms with E-state index < -0.39 is 0 Å². The summed E-state index contributed by atoms with van der Waals surface area (Å²) in [7, 11) is 0. The van der Waals surface area contributed by atoms with Crippen molar-refractivity contribution >= 4 is 17.5 Å². The van der Waals surface area contributed by atoms with E-state index in [0.29, 0.717) is 0 Å². The van der Waals surface area contributed by atoms with E-state index in [1.807, 2.05) is 31.2 Å². The number of rotatable bonds is 4. The SMILES string of the molecule is CCCC(C)NC(=O)C1CC(=O)Nc2ccccc21. The van der Waals surface area contributed by atoms with Gasteiger partial charge in [0.25, 0.3) is 0 Å². The molecule has 1 aliphatic rings. The first-order valence-corrected chi connectivity index (χ1v) is 6.81. The summed E-state index contributed by atoms with van der Waals surface area (Å²) in [5.74, 6) is -0.519. The maximum Gasteiger partial charge on any atom is 0.228 e. The monoisotopic (exact) mass is 260 g/mol. The number of anilines is 1. The quantitative estimate of drug-likeness (QED) is 0.873. The van der Waals surface area contributed by atoms with Crippen molar-refractivity contribution in [1.29, 1.82) is 0 Å². The Kier molecular flexibility index (Phi) is 4.20. The minimum absolute atomic E-state index is 0.0525. The molecule has 0 fully saturated rings. The van der Waals surface area contributed by atoms with E-state index in [4.69, 9.17) is 0 Å². The number of para-hydroxylation sites is 1. The zero-order chi connectivity index (χ0) is 13.8. The Labute approximate surface area is 113 Å². The largest absolute Gasteiger partial charge is 0.353 e. The van der Waals surface area contributed by atoms with Crippen LogP contribution in [0, 0.1) is 0 Å². The van der Waals surface area contributed by atoms with E-state index in [9.17, 15) is 9.59 Å². The third kappa shape index (κ3) is 3.13. The summed E-state index contributed by atoms with van der Waals surface area (Å²) in [6.45, 7) is 4.09. The molecule has 1 aromatic rings. The van der Waals surface area contributed by atoms with Crippen LogP contribution in [0.4, 0.5) is 5.69 Å². The number of amides is 2. The Hall–Kier alpha value is -1.84. The zero-order valence-electron chi connectivity index (χ0n) is 11.4. The Morgan fingerprint density at radius 3 is 2.95 bits per heavy atom. The first-order chi connectivity index (χ1) is 9.11. The molecule has 2 N–H and O–H groups in total. The highest BCUT2D eigenvalue weighted by atomic mass is 16.2. The van der Waals surface area contributed by atoms with Crippen LogP contribution < -0.4 is 10.6 Å². The van der Waals surface area contributed by atoms with E-state index in [1.54, 1.807) is 0 Å². The van der Waals surface area contributed by atoms with Gasteiger partial charge in [0.2, 0.25) is 11.8 Å². The molecule has 4 nitrogen and oxygen atoms in total. The van der Waals surface area contributed by atoms with Crippen molar-refractivity contribution in [3.8, 4) is 0 Å². The highest BCUT2D eigenvalue weighted by molar-refractivity contribution is 6.01. The number of carbonyl (C=O) groups is 2. The van der Waals surface area contributed by atoms with Crippen molar-refractivity contribution in [3.63, 3.8) is 0 Å². The fraction of sp³-hybridized carbons (Fsp3) is 0.467. The maximum absolute atomic E-state index is 12.3. The Morgan fingerprint density at radius 1 is 1.47 bits per heavy atom. The molecule has 2 atom stereocenters. The average molecular weight is 260 g/mol. The van der Waals surface area contributed by atoms with Gasteiger partial charge in [0.1, 0.15) is 0 Å². The van der Waals surface area contributed by atoms with Crippen LogP contribution in [-0.2, 0) is 9.59 Å². The van der Waals surface area contributed by atoms with Crippen LogP contribution >= 0.6 is 0 Å². The van der Waals surface area contributed by atoms with Gasteiger partial charge in [-0.2, -0.15) is 0 Å². The second-order valence-electron chi connectivity index (χ2n) is 5.09. The minimum atomic E-state index is -0.371. The third-order valence-corrected chi connectivity index (χ3v) is 3.43. The fourth-order valence-electron chi connectivity index (χ4n) is 2.49. The maximum atomic E-state index is 12.3. The van der Waals surface area contributed by atoms with Crippen LogP contribution in [0.15, 0.2) is 24.3 Å². The number of fused-ring (bicyclic) bond motifs is 1. The molecule has 0 radical (unpaired) electrons. The van der Waals surface area contributed by atoms with Crippen LogP contribution in [0.1, 0.15) is 44.6 Å². The summed E-state index contributed by atoms with van der Waals surface area (Å²) >= 11 is 0. The van der Waals surface area contributed by atoms with E-state index in [-0.39, 0.29) is 30.2 Å². The zero-order valence-corrected chi connectivity index (χ0v) is 11.4. The van der Waals surface area contributed by atoms with E-state index >= 15 is 0 Å². The predicted octanol–water partition coefficient (Wildman–Crippen LogP) is 2.42. The van der Waals surface area contributed by atoms with E-state index in [2.05, 4.69) is 17.6 Å². The molecule has 2 unspecified atom stereocenters. The lowest BCUT2D eigenvalue weighted by Gasteiger charge is -2.26. The van der Waals surface area contributed by atoms with Crippen LogP contribution in [0.2, 0.25) is 0 Å². The van der Waals surface area contributed by atoms with E-state index in [1.165, 1.54) is 0 Å². The van der Waals surface area contributed by atoms with Gasteiger partial charge in [0.15, 0.2) is 0 Å². The van der Waals surface area contributed by atoms with Gasteiger partial charge in [-0.1, -0.05) is 31.5 Å². The van der Waals surface area contributed by atoms with Crippen LogP contribution in [-0.4, -0.2) is 17.9 Å². The first kappa shape index (κ1) is 13.6. The molecule has 4 heteroatoms. The van der Waals surface area contributed by atoms with Crippen LogP contribution in [0.25, 0.3) is 0 Å². The number of carbonyl (C=O) groups excluding carboxylic acids is 2. The van der Waals surface area contributed by atoms with Crippen molar-refractivity contribution in [2.45, 2.75) is 45.1 Å². The van der Waals surface area contributed by atoms with Crippen molar-refractivity contribution in [2.24, 2.45) is 0 Å². The van der Waals surface area contributed by atoms with Gasteiger partial charge in [-0.3, -0.25) is 9.59 Å². The Bertz CT molecular complexity index is 485. The standard InChI is InChI=1S/C15H20N2O2/c1-3-6-10(2)16-15(19)12-9-14(18)17-13-8-5-4-7-11(12)13/h4-5,7-8,10,12H,3,6,9H2,1-2H3,(H,16,19)(H,17,18). The molecule has 2 amide bonds. The van der Waals surface area contributed by atoms with Crippen molar-refractivity contribution < 1.29 is 9.59 Å². The lowest BCUT2D eigenvalue weighted by atomic mass is 9.89. The topological polar surface area (TPSA) is 58.2 Å². The highest BCUT2D eigenvalue weighted by Gasteiger charge is 2.30. The summed E-state index contributed by atoms with van der Waals surface area (Å²) in [5.41, 5.74) is 1.66. The van der Waals surface area contributed by atoms with Crippen molar-refractivity contribution in [3.05, 3.63) is 29.8 Å². The van der Waals surface area contributed by atoms with Crippen molar-refractivity contribution in [1.82, 2.24) is 5.32 Å². The average Bonchev–Trinajstić information content (AvgIpc) is 2.37. The molecule has 0 aliphatic carbocycles. The second-order valence-corrected chi connectivity index (χ2v) is 5.09.